The lowest BCUT2D eigenvalue weighted by atomic mass is 10.0. The minimum Gasteiger partial charge on any atom is -0.445 e. The second kappa shape index (κ2) is 11.3. The molecule has 1 aliphatic heterocycles. The summed E-state index contributed by atoms with van der Waals surface area (Å²) in [7, 11) is -3.76. The van der Waals surface area contributed by atoms with Gasteiger partial charge >= 0.3 is 6.09 Å². The van der Waals surface area contributed by atoms with Gasteiger partial charge in [-0.2, -0.15) is 5.10 Å². The van der Waals surface area contributed by atoms with Crippen molar-refractivity contribution in [2.45, 2.75) is 109 Å². The minimum atomic E-state index is -1.96. The first-order valence-electron chi connectivity index (χ1n) is 12.9. The van der Waals surface area contributed by atoms with E-state index in [1.54, 1.807) is 6.08 Å². The molecule has 0 radical (unpaired) electrons. The summed E-state index contributed by atoms with van der Waals surface area (Å²) in [6.45, 7) is 27.6. The Kier molecular flexibility index (Phi) is 9.63. The Morgan fingerprint density at radius 2 is 1.80 bits per heavy atom. The number of rotatable bonds is 10. The second-order valence-corrected chi connectivity index (χ2v) is 22.4. The maximum atomic E-state index is 12.9. The Bertz CT molecular complexity index is 856. The summed E-state index contributed by atoms with van der Waals surface area (Å²) in [5.74, 6) is 0. The van der Waals surface area contributed by atoms with Crippen LogP contribution in [0.3, 0.4) is 0 Å². The zero-order valence-electron chi connectivity index (χ0n) is 23.8. The monoisotopic (exact) mass is 523 g/mol. The van der Waals surface area contributed by atoms with Crippen LogP contribution in [0.15, 0.2) is 18.9 Å². The van der Waals surface area contributed by atoms with Crippen LogP contribution in [0.2, 0.25) is 36.3 Å². The van der Waals surface area contributed by atoms with Gasteiger partial charge < -0.3 is 18.5 Å². The van der Waals surface area contributed by atoms with Crippen molar-refractivity contribution in [3.05, 3.63) is 30.1 Å². The number of hydrogen-bond donors (Lipinski definition) is 1. The van der Waals surface area contributed by atoms with E-state index in [9.17, 15) is 4.79 Å². The van der Waals surface area contributed by atoms with Gasteiger partial charge in [0.25, 0.3) is 0 Å². The molecule has 200 valence electrons. The van der Waals surface area contributed by atoms with Crippen LogP contribution in [-0.4, -0.2) is 69.7 Å². The lowest BCUT2D eigenvalue weighted by Gasteiger charge is -2.38. The van der Waals surface area contributed by atoms with Gasteiger partial charge in [-0.15, -0.1) is 0 Å². The van der Waals surface area contributed by atoms with E-state index in [0.29, 0.717) is 19.6 Å². The zero-order chi connectivity index (χ0) is 26.7. The number of H-pyrrole nitrogens is 1. The molecule has 1 N–H and O–H groups in total. The van der Waals surface area contributed by atoms with Crippen molar-refractivity contribution in [3.8, 4) is 0 Å². The largest absolute Gasteiger partial charge is 0.445 e. The fourth-order valence-corrected chi connectivity index (χ4v) is 6.19. The molecule has 0 bridgehead atoms. The maximum absolute atomic E-state index is 12.9. The van der Waals surface area contributed by atoms with Crippen LogP contribution in [0.4, 0.5) is 4.79 Å². The summed E-state index contributed by atoms with van der Waals surface area (Å²) in [5, 5.41) is 7.77. The first-order chi connectivity index (χ1) is 16.0. The van der Waals surface area contributed by atoms with Crippen LogP contribution in [0, 0.1) is 0 Å². The Hall–Kier alpha value is -1.43. The molecular formula is C26H49N3O4Si2. The molecule has 2 atom stereocenters. The Morgan fingerprint density at radius 1 is 1.17 bits per heavy atom. The van der Waals surface area contributed by atoms with E-state index in [1.165, 1.54) is 0 Å². The molecule has 7 nitrogen and oxygen atoms in total. The third-order valence-corrected chi connectivity index (χ3v) is 17.2. The predicted octanol–water partition coefficient (Wildman–Crippen LogP) is 6.30. The summed E-state index contributed by atoms with van der Waals surface area (Å²) in [4.78, 5) is 14.7. The van der Waals surface area contributed by atoms with Crippen LogP contribution in [0.25, 0.3) is 0 Å². The molecule has 9 heteroatoms. The average molecular weight is 524 g/mol. The Morgan fingerprint density at radius 3 is 2.37 bits per heavy atom. The highest BCUT2D eigenvalue weighted by atomic mass is 28.4. The number of likely N-dealkylation sites (tertiary alicyclic amines) is 1. The Labute approximate surface area is 215 Å². The highest BCUT2D eigenvalue weighted by Crippen LogP contribution is 2.39. The van der Waals surface area contributed by atoms with E-state index < -0.39 is 16.6 Å². The smallest absolute Gasteiger partial charge is 0.410 e. The normalized spacial score (nSPS) is 19.8. The third kappa shape index (κ3) is 7.78. The Balaban J connectivity index is 2.12. The van der Waals surface area contributed by atoms with Gasteiger partial charge in [0, 0.05) is 31.3 Å². The van der Waals surface area contributed by atoms with Gasteiger partial charge in [-0.25, -0.2) is 4.79 Å². The number of carbonyl (C=O) groups is 1. The highest BCUT2D eigenvalue weighted by Gasteiger charge is 2.44. The SMILES string of the molecule is C=CCOC(=O)N1CC(O[Si](C)(C)C(C)(C)C)CC1Cc1cn[nH]c1CCO[Si](C)(C)C(C)(C)C. The lowest BCUT2D eigenvalue weighted by molar-refractivity contribution is 0.103. The number of nitrogens with zero attached hydrogens (tertiary/aromatic N) is 2. The molecule has 1 aromatic heterocycles. The van der Waals surface area contributed by atoms with Crippen LogP contribution < -0.4 is 0 Å². The summed E-state index contributed by atoms with van der Waals surface area (Å²) in [5.41, 5.74) is 2.21. The molecule has 0 aromatic carbocycles. The van der Waals surface area contributed by atoms with Crippen molar-refractivity contribution in [2.75, 3.05) is 19.8 Å². The fraction of sp³-hybridized carbons (Fsp3) is 0.769. The molecule has 0 saturated carbocycles. The number of carbonyl (C=O) groups excluding carboxylic acids is 1. The summed E-state index contributed by atoms with van der Waals surface area (Å²) in [6.07, 6.45) is 5.48. The van der Waals surface area contributed by atoms with Crippen molar-refractivity contribution < 1.29 is 18.4 Å². The zero-order valence-corrected chi connectivity index (χ0v) is 25.8. The fourth-order valence-electron chi connectivity index (χ4n) is 3.79. The molecule has 1 aliphatic rings. The van der Waals surface area contributed by atoms with Gasteiger partial charge in [-0.3, -0.25) is 5.10 Å². The van der Waals surface area contributed by atoms with E-state index in [0.717, 1.165) is 24.1 Å². The number of ether oxygens (including phenoxy) is 1. The molecule has 2 rings (SSSR count). The third-order valence-electron chi connectivity index (χ3n) is 8.09. The summed E-state index contributed by atoms with van der Waals surface area (Å²) >= 11 is 0. The molecule has 2 unspecified atom stereocenters. The predicted molar refractivity (Wildman–Crippen MR) is 148 cm³/mol. The highest BCUT2D eigenvalue weighted by molar-refractivity contribution is 6.74. The average Bonchev–Trinajstić information content (AvgIpc) is 3.31. The number of hydrogen-bond acceptors (Lipinski definition) is 5. The number of aromatic amines is 1. The van der Waals surface area contributed by atoms with Crippen molar-refractivity contribution in [2.24, 2.45) is 0 Å². The van der Waals surface area contributed by atoms with Gasteiger partial charge in [0.15, 0.2) is 16.6 Å². The molecule has 1 amide bonds. The van der Waals surface area contributed by atoms with Crippen LogP contribution in [0.1, 0.15) is 59.2 Å². The molecule has 2 heterocycles. The molecule has 1 saturated heterocycles. The van der Waals surface area contributed by atoms with Gasteiger partial charge in [0.05, 0.1) is 12.3 Å². The van der Waals surface area contributed by atoms with E-state index in [1.807, 2.05) is 11.1 Å². The molecular weight excluding hydrogens is 474 g/mol. The molecule has 0 spiro atoms. The molecule has 35 heavy (non-hydrogen) atoms. The van der Waals surface area contributed by atoms with Crippen LogP contribution in [0.5, 0.6) is 0 Å². The van der Waals surface area contributed by atoms with Gasteiger partial charge in [0.1, 0.15) is 6.61 Å². The van der Waals surface area contributed by atoms with E-state index in [-0.39, 0.29) is 34.9 Å². The number of nitrogens with one attached hydrogen (secondary N) is 1. The lowest BCUT2D eigenvalue weighted by Crippen LogP contribution is -2.44. The molecule has 1 fully saturated rings. The maximum Gasteiger partial charge on any atom is 0.410 e. The van der Waals surface area contributed by atoms with Crippen LogP contribution in [-0.2, 0) is 26.4 Å². The van der Waals surface area contributed by atoms with Gasteiger partial charge in [0.2, 0.25) is 0 Å². The summed E-state index contributed by atoms with van der Waals surface area (Å²) in [6, 6.07) is -0.000238. The van der Waals surface area contributed by atoms with Crippen LogP contribution >= 0.6 is 0 Å². The molecule has 0 aliphatic carbocycles. The van der Waals surface area contributed by atoms with Gasteiger partial charge in [-0.05, 0) is 54.7 Å². The van der Waals surface area contributed by atoms with Crippen molar-refractivity contribution in [1.29, 1.82) is 0 Å². The topological polar surface area (TPSA) is 76.7 Å². The van der Waals surface area contributed by atoms with E-state index in [4.69, 9.17) is 13.6 Å². The van der Waals surface area contributed by atoms with Gasteiger partial charge in [-0.1, -0.05) is 54.2 Å². The van der Waals surface area contributed by atoms with Crippen molar-refractivity contribution in [3.63, 3.8) is 0 Å². The minimum absolute atomic E-state index is 0.000238. The van der Waals surface area contributed by atoms with E-state index in [2.05, 4.69) is 84.5 Å². The number of amides is 1. The van der Waals surface area contributed by atoms with E-state index >= 15 is 0 Å². The summed E-state index contributed by atoms with van der Waals surface area (Å²) < 4.78 is 18.5. The first kappa shape index (κ1) is 29.8. The van der Waals surface area contributed by atoms with Crippen molar-refractivity contribution in [1.82, 2.24) is 15.1 Å². The van der Waals surface area contributed by atoms with Crippen molar-refractivity contribution >= 4 is 22.7 Å². The quantitative estimate of drug-likeness (QED) is 0.287. The molecule has 1 aromatic rings. The standard InChI is InChI=1S/C26H49N3O4Si2/c1-12-14-31-24(30)29-19-22(33-35(10,11)26(5,6)7)17-21(29)16-20-18-27-28-23(20)13-15-32-34(8,9)25(2,3)4/h12,18,21-22H,1,13-17,19H2,2-11H3,(H,27,28). The first-order valence-corrected chi connectivity index (χ1v) is 18.7. The number of aromatic nitrogens is 2. The second-order valence-electron chi connectivity index (χ2n) is 12.8.